The fourth-order valence-electron chi connectivity index (χ4n) is 5.71. The normalized spacial score (nSPS) is 14.9. The number of hydrogen-bond acceptors (Lipinski definition) is 7. The molecule has 1 atom stereocenters. The Morgan fingerprint density at radius 1 is 0.950 bits per heavy atom. The number of aromatic nitrogens is 5. The third-order valence-corrected chi connectivity index (χ3v) is 7.71. The minimum atomic E-state index is -0.403. The summed E-state index contributed by atoms with van der Waals surface area (Å²) in [5.74, 6) is 1.45. The van der Waals surface area contributed by atoms with Crippen LogP contribution in [0.5, 0.6) is 5.75 Å². The van der Waals surface area contributed by atoms with Gasteiger partial charge in [-0.1, -0.05) is 42.0 Å². The number of aromatic amines is 1. The summed E-state index contributed by atoms with van der Waals surface area (Å²) in [7, 11) is 1.65. The number of tetrazole rings is 1. The Labute approximate surface area is 233 Å². The quantitative estimate of drug-likeness (QED) is 0.336. The number of rotatable bonds is 7. The number of ether oxygens (including phenoxy) is 1. The van der Waals surface area contributed by atoms with E-state index in [1.165, 1.54) is 5.69 Å². The number of H-pyrrole nitrogens is 1. The minimum Gasteiger partial charge on any atom is -0.497 e. The first-order chi connectivity index (χ1) is 19.5. The lowest BCUT2D eigenvalue weighted by molar-refractivity contribution is 0.200. The molecular weight excluding hydrogens is 502 g/mol. The smallest absolute Gasteiger partial charge is 0.253 e. The first-order valence-corrected chi connectivity index (χ1v) is 13.6. The van der Waals surface area contributed by atoms with Gasteiger partial charge in [-0.3, -0.25) is 9.69 Å². The number of fused-ring (bicyclic) bond motifs is 1. The van der Waals surface area contributed by atoms with Gasteiger partial charge in [0.2, 0.25) is 0 Å². The number of benzene rings is 3. The molecule has 1 aliphatic heterocycles. The highest BCUT2D eigenvalue weighted by Gasteiger charge is 2.33. The molecule has 0 spiro atoms. The lowest BCUT2D eigenvalue weighted by atomic mass is 10.00. The van der Waals surface area contributed by atoms with Crippen LogP contribution in [0.4, 0.5) is 5.69 Å². The van der Waals surface area contributed by atoms with Gasteiger partial charge in [0.25, 0.3) is 5.56 Å². The maximum absolute atomic E-state index is 13.7. The molecule has 1 unspecified atom stereocenters. The maximum Gasteiger partial charge on any atom is 0.253 e. The molecule has 3 heterocycles. The van der Waals surface area contributed by atoms with Crippen molar-refractivity contribution in [3.8, 4) is 5.75 Å². The maximum atomic E-state index is 13.7. The highest BCUT2D eigenvalue weighted by atomic mass is 16.5. The molecule has 0 saturated carbocycles. The Morgan fingerprint density at radius 2 is 1.70 bits per heavy atom. The number of aryl methyl sites for hydroxylation is 2. The van der Waals surface area contributed by atoms with E-state index >= 15 is 0 Å². The van der Waals surface area contributed by atoms with Gasteiger partial charge in [0, 0.05) is 37.4 Å². The van der Waals surface area contributed by atoms with E-state index in [9.17, 15) is 4.79 Å². The lowest BCUT2D eigenvalue weighted by Gasteiger charge is -2.39. The SMILES string of the molecule is COc1ccc(Cn2nnnc2C(c2cc3cc(C)cc(C)c3[nH]c2=O)N2CCN(c3ccccc3)CC2)cc1. The molecule has 3 aromatic carbocycles. The monoisotopic (exact) mass is 535 g/mol. The van der Waals surface area contributed by atoms with E-state index in [0.717, 1.165) is 59.5 Å². The zero-order valence-corrected chi connectivity index (χ0v) is 23.0. The highest BCUT2D eigenvalue weighted by Crippen LogP contribution is 2.30. The van der Waals surface area contributed by atoms with Crippen LogP contribution in [0.25, 0.3) is 10.9 Å². The summed E-state index contributed by atoms with van der Waals surface area (Å²) in [4.78, 5) is 21.6. The summed E-state index contributed by atoms with van der Waals surface area (Å²) in [6.45, 7) is 7.79. The van der Waals surface area contributed by atoms with Crippen LogP contribution in [-0.2, 0) is 6.54 Å². The molecule has 6 rings (SSSR count). The van der Waals surface area contributed by atoms with Gasteiger partial charge in [-0.25, -0.2) is 4.68 Å². The van der Waals surface area contributed by atoms with Gasteiger partial charge >= 0.3 is 0 Å². The summed E-state index contributed by atoms with van der Waals surface area (Å²) in [6, 6.07) is 24.1. The second-order valence-electron chi connectivity index (χ2n) is 10.4. The summed E-state index contributed by atoms with van der Waals surface area (Å²) in [6.07, 6.45) is 0. The van der Waals surface area contributed by atoms with Crippen LogP contribution in [0.3, 0.4) is 0 Å². The third kappa shape index (κ3) is 5.08. The molecule has 9 nitrogen and oxygen atoms in total. The van der Waals surface area contributed by atoms with E-state index in [-0.39, 0.29) is 5.56 Å². The summed E-state index contributed by atoms with van der Waals surface area (Å²) in [5, 5.41) is 13.9. The molecular formula is C31H33N7O2. The standard InChI is InChI=1S/C31H33N7O2/c1-21-17-22(2)28-24(18-21)19-27(31(39)32-28)29(37-15-13-36(14-16-37)25-7-5-4-6-8-25)30-33-34-35-38(30)20-23-9-11-26(40-3)12-10-23/h4-12,17-19,29H,13-16,20H2,1-3H3,(H,32,39). The first-order valence-electron chi connectivity index (χ1n) is 13.6. The Kier molecular flexibility index (Phi) is 7.04. The predicted octanol–water partition coefficient (Wildman–Crippen LogP) is 4.10. The van der Waals surface area contributed by atoms with Crippen molar-refractivity contribution in [2.45, 2.75) is 26.4 Å². The lowest BCUT2D eigenvalue weighted by Crippen LogP contribution is -2.49. The van der Waals surface area contributed by atoms with Crippen molar-refractivity contribution in [2.75, 3.05) is 38.2 Å². The molecule has 9 heteroatoms. The molecule has 0 amide bonds. The Bertz CT molecular complexity index is 1670. The van der Waals surface area contributed by atoms with Gasteiger partial charge < -0.3 is 14.6 Å². The van der Waals surface area contributed by atoms with Crippen LogP contribution in [0.15, 0.2) is 77.6 Å². The minimum absolute atomic E-state index is 0.117. The molecule has 1 saturated heterocycles. The number of nitrogens with zero attached hydrogens (tertiary/aromatic N) is 6. The predicted molar refractivity (Wildman–Crippen MR) is 156 cm³/mol. The van der Waals surface area contributed by atoms with Crippen LogP contribution in [-0.4, -0.2) is 63.4 Å². The average molecular weight is 536 g/mol. The van der Waals surface area contributed by atoms with E-state index in [1.54, 1.807) is 11.8 Å². The largest absolute Gasteiger partial charge is 0.497 e. The van der Waals surface area contributed by atoms with Crippen molar-refractivity contribution in [3.63, 3.8) is 0 Å². The van der Waals surface area contributed by atoms with Gasteiger partial charge in [-0.15, -0.1) is 5.10 Å². The second kappa shape index (κ2) is 10.9. The van der Waals surface area contributed by atoms with E-state index in [0.29, 0.717) is 17.9 Å². The Hall–Kier alpha value is -4.50. The number of hydrogen-bond donors (Lipinski definition) is 1. The Morgan fingerprint density at radius 3 is 2.42 bits per heavy atom. The molecule has 40 heavy (non-hydrogen) atoms. The molecule has 0 aliphatic carbocycles. The van der Waals surface area contributed by atoms with Crippen LogP contribution >= 0.6 is 0 Å². The molecule has 2 aromatic heterocycles. The van der Waals surface area contributed by atoms with Crippen molar-refractivity contribution in [3.05, 3.63) is 111 Å². The van der Waals surface area contributed by atoms with Crippen LogP contribution in [0, 0.1) is 13.8 Å². The van der Waals surface area contributed by atoms with Gasteiger partial charge in [0.05, 0.1) is 19.2 Å². The molecule has 5 aromatic rings. The van der Waals surface area contributed by atoms with E-state index < -0.39 is 6.04 Å². The van der Waals surface area contributed by atoms with E-state index in [4.69, 9.17) is 4.74 Å². The third-order valence-electron chi connectivity index (χ3n) is 7.71. The summed E-state index contributed by atoms with van der Waals surface area (Å²) < 4.78 is 7.12. The number of nitrogens with one attached hydrogen (secondary N) is 1. The van der Waals surface area contributed by atoms with Gasteiger partial charge in [0.1, 0.15) is 11.8 Å². The van der Waals surface area contributed by atoms with Gasteiger partial charge in [-0.05, 0) is 77.2 Å². The summed E-state index contributed by atoms with van der Waals surface area (Å²) in [5.41, 5.74) is 5.85. The number of methoxy groups -OCH3 is 1. The van der Waals surface area contributed by atoms with Crippen molar-refractivity contribution >= 4 is 16.6 Å². The topological polar surface area (TPSA) is 92.2 Å². The molecule has 1 N–H and O–H groups in total. The van der Waals surface area contributed by atoms with Crippen LogP contribution < -0.4 is 15.2 Å². The molecule has 1 fully saturated rings. The zero-order chi connectivity index (χ0) is 27.6. The van der Waals surface area contributed by atoms with Crippen LogP contribution in [0.2, 0.25) is 0 Å². The van der Waals surface area contributed by atoms with Crippen molar-refractivity contribution in [1.29, 1.82) is 0 Å². The summed E-state index contributed by atoms with van der Waals surface area (Å²) >= 11 is 0. The van der Waals surface area contributed by atoms with Crippen molar-refractivity contribution in [2.24, 2.45) is 0 Å². The second-order valence-corrected chi connectivity index (χ2v) is 10.4. The molecule has 204 valence electrons. The fourth-order valence-corrected chi connectivity index (χ4v) is 5.71. The average Bonchev–Trinajstić information content (AvgIpc) is 3.42. The van der Waals surface area contributed by atoms with Gasteiger partial charge in [0.15, 0.2) is 5.82 Å². The number of para-hydroxylation sites is 1. The highest BCUT2D eigenvalue weighted by molar-refractivity contribution is 5.83. The van der Waals surface area contributed by atoms with E-state index in [1.807, 2.05) is 43.3 Å². The van der Waals surface area contributed by atoms with Gasteiger partial charge in [-0.2, -0.15) is 0 Å². The molecule has 0 bridgehead atoms. The van der Waals surface area contributed by atoms with Crippen LogP contribution in [0.1, 0.15) is 34.1 Å². The first kappa shape index (κ1) is 25.8. The number of piperazine rings is 1. The van der Waals surface area contributed by atoms with Crippen molar-refractivity contribution < 1.29 is 4.74 Å². The molecule has 1 aliphatic rings. The fraction of sp³-hybridized carbons (Fsp3) is 0.290. The molecule has 0 radical (unpaired) electrons. The Balaban J connectivity index is 1.40. The van der Waals surface area contributed by atoms with E-state index in [2.05, 4.69) is 73.6 Å². The number of anilines is 1. The number of pyridine rings is 1. The zero-order valence-electron chi connectivity index (χ0n) is 23.0. The van der Waals surface area contributed by atoms with Crippen molar-refractivity contribution in [1.82, 2.24) is 30.1 Å².